The maximum absolute atomic E-state index is 13.4. The van der Waals surface area contributed by atoms with Gasteiger partial charge in [0.15, 0.2) is 5.69 Å². The number of aromatic carboxylic acids is 1. The Hall–Kier alpha value is -3.72. The van der Waals surface area contributed by atoms with E-state index in [0.717, 1.165) is 31.2 Å². The minimum Gasteiger partial charge on any atom is -0.476 e. The number of carboxylic acid groups (broad SMARTS) is 1. The zero-order valence-corrected chi connectivity index (χ0v) is 19.2. The topological polar surface area (TPSA) is 103 Å². The van der Waals surface area contributed by atoms with Crippen LogP contribution in [0.5, 0.6) is 5.88 Å². The van der Waals surface area contributed by atoms with Crippen molar-refractivity contribution in [3.05, 3.63) is 83.3 Å². The van der Waals surface area contributed by atoms with Crippen LogP contribution in [0.1, 0.15) is 47.3 Å². The first-order valence-electron chi connectivity index (χ1n) is 11.6. The van der Waals surface area contributed by atoms with Crippen LogP contribution in [0.3, 0.4) is 0 Å². The number of nitrogens with zero attached hydrogens (tertiary/aromatic N) is 2. The highest BCUT2D eigenvalue weighted by atomic mass is 19.1. The Morgan fingerprint density at radius 1 is 1.03 bits per heavy atom. The molecule has 2 N–H and O–H groups in total. The number of benzene rings is 2. The fourth-order valence-corrected chi connectivity index (χ4v) is 4.15. The van der Waals surface area contributed by atoms with Gasteiger partial charge in [-0.05, 0) is 36.1 Å². The summed E-state index contributed by atoms with van der Waals surface area (Å²) in [5.74, 6) is -1.84. The highest BCUT2D eigenvalue weighted by Crippen LogP contribution is 2.23. The van der Waals surface area contributed by atoms with Gasteiger partial charge >= 0.3 is 5.97 Å². The van der Waals surface area contributed by atoms with Gasteiger partial charge in [0.05, 0.1) is 18.8 Å². The van der Waals surface area contributed by atoms with Crippen molar-refractivity contribution in [2.24, 2.45) is 0 Å². The first kappa shape index (κ1) is 24.4. The number of ether oxygens (including phenoxy) is 2. The van der Waals surface area contributed by atoms with Crippen LogP contribution in [0, 0.1) is 5.82 Å². The van der Waals surface area contributed by atoms with Crippen LogP contribution < -0.4 is 10.1 Å². The lowest BCUT2D eigenvalue weighted by molar-refractivity contribution is -0.124. The minimum absolute atomic E-state index is 0.00214. The Morgan fingerprint density at radius 2 is 1.80 bits per heavy atom. The van der Waals surface area contributed by atoms with Gasteiger partial charge < -0.3 is 19.9 Å². The highest BCUT2D eigenvalue weighted by molar-refractivity contribution is 5.85. The van der Waals surface area contributed by atoms with Gasteiger partial charge in [0.2, 0.25) is 11.8 Å². The molecule has 184 valence electrons. The number of carboxylic acids is 1. The van der Waals surface area contributed by atoms with Crippen molar-refractivity contribution in [3.8, 4) is 5.88 Å². The van der Waals surface area contributed by atoms with Crippen LogP contribution in [0.15, 0.2) is 60.7 Å². The molecule has 4 rings (SSSR count). The zero-order valence-electron chi connectivity index (χ0n) is 19.2. The van der Waals surface area contributed by atoms with Crippen LogP contribution in [0.4, 0.5) is 4.39 Å². The first-order chi connectivity index (χ1) is 17.0. The summed E-state index contributed by atoms with van der Waals surface area (Å²) in [6.45, 7) is 0.257. The second kappa shape index (κ2) is 11.6. The van der Waals surface area contributed by atoms with E-state index in [-0.39, 0.29) is 42.8 Å². The van der Waals surface area contributed by atoms with Crippen LogP contribution >= 0.6 is 0 Å². The van der Waals surface area contributed by atoms with Crippen molar-refractivity contribution in [1.82, 2.24) is 15.1 Å². The van der Waals surface area contributed by atoms with Crippen LogP contribution in [0.25, 0.3) is 0 Å². The van der Waals surface area contributed by atoms with E-state index in [0.29, 0.717) is 12.2 Å². The molecule has 2 unspecified atom stereocenters. The zero-order chi connectivity index (χ0) is 24.6. The molecule has 1 amide bonds. The summed E-state index contributed by atoms with van der Waals surface area (Å²) in [6.07, 6.45) is 3.57. The van der Waals surface area contributed by atoms with Gasteiger partial charge in [-0.25, -0.2) is 13.9 Å². The van der Waals surface area contributed by atoms with E-state index in [1.54, 1.807) is 12.1 Å². The molecule has 1 fully saturated rings. The molecule has 0 aliphatic heterocycles. The fourth-order valence-electron chi connectivity index (χ4n) is 4.15. The van der Waals surface area contributed by atoms with Crippen molar-refractivity contribution in [2.45, 2.75) is 57.6 Å². The third-order valence-corrected chi connectivity index (χ3v) is 5.89. The largest absolute Gasteiger partial charge is 0.476 e. The SMILES string of the molecule is O=C(Cn1nc(C(=O)O)cc1OCc1cccc(F)c1)NC1CCCCC1OCc1ccccc1. The molecular weight excluding hydrogens is 453 g/mol. The quantitative estimate of drug-likeness (QED) is 0.455. The van der Waals surface area contributed by atoms with Gasteiger partial charge in [-0.2, -0.15) is 5.10 Å². The average molecular weight is 482 g/mol. The summed E-state index contributed by atoms with van der Waals surface area (Å²) in [6, 6.07) is 16.9. The van der Waals surface area contributed by atoms with Crippen molar-refractivity contribution in [2.75, 3.05) is 0 Å². The number of carbonyl (C=O) groups excluding carboxylic acids is 1. The van der Waals surface area contributed by atoms with E-state index in [1.165, 1.54) is 22.9 Å². The number of hydrogen-bond acceptors (Lipinski definition) is 5. The molecule has 0 radical (unpaired) electrons. The van der Waals surface area contributed by atoms with E-state index >= 15 is 0 Å². The lowest BCUT2D eigenvalue weighted by Crippen LogP contribution is -2.47. The van der Waals surface area contributed by atoms with Crippen molar-refractivity contribution >= 4 is 11.9 Å². The summed E-state index contributed by atoms with van der Waals surface area (Å²) >= 11 is 0. The highest BCUT2D eigenvalue weighted by Gasteiger charge is 2.28. The fraction of sp³-hybridized carbons (Fsp3) is 0.346. The molecule has 1 aliphatic rings. The third kappa shape index (κ3) is 6.89. The van der Waals surface area contributed by atoms with E-state index in [9.17, 15) is 19.1 Å². The molecule has 35 heavy (non-hydrogen) atoms. The molecule has 1 aromatic heterocycles. The van der Waals surface area contributed by atoms with Crippen molar-refractivity contribution in [1.29, 1.82) is 0 Å². The predicted molar refractivity (Wildman–Crippen MR) is 125 cm³/mol. The predicted octanol–water partition coefficient (Wildman–Crippen LogP) is 3.94. The molecule has 0 bridgehead atoms. The number of nitrogens with one attached hydrogen (secondary N) is 1. The summed E-state index contributed by atoms with van der Waals surface area (Å²) in [5, 5.41) is 16.3. The molecule has 9 heteroatoms. The van der Waals surface area contributed by atoms with Gasteiger partial charge in [0.1, 0.15) is 19.0 Å². The van der Waals surface area contributed by atoms with Gasteiger partial charge in [0, 0.05) is 6.07 Å². The lowest BCUT2D eigenvalue weighted by atomic mass is 9.92. The first-order valence-corrected chi connectivity index (χ1v) is 11.6. The molecular formula is C26H28FN3O5. The maximum Gasteiger partial charge on any atom is 0.356 e. The number of hydrogen-bond donors (Lipinski definition) is 2. The molecule has 2 aromatic carbocycles. The van der Waals surface area contributed by atoms with E-state index in [2.05, 4.69) is 10.4 Å². The minimum atomic E-state index is -1.23. The Morgan fingerprint density at radius 3 is 2.57 bits per heavy atom. The normalized spacial score (nSPS) is 17.6. The molecule has 1 saturated carbocycles. The monoisotopic (exact) mass is 481 g/mol. The molecule has 0 saturated heterocycles. The Kier molecular flexibility index (Phi) is 8.10. The van der Waals surface area contributed by atoms with Gasteiger partial charge in [-0.1, -0.05) is 55.3 Å². The molecule has 1 heterocycles. The summed E-state index contributed by atoms with van der Waals surface area (Å²) in [7, 11) is 0. The average Bonchev–Trinajstić information content (AvgIpc) is 3.25. The van der Waals surface area contributed by atoms with E-state index in [4.69, 9.17) is 9.47 Å². The summed E-state index contributed by atoms with van der Waals surface area (Å²) in [4.78, 5) is 24.3. The Bertz CT molecular complexity index is 1150. The van der Waals surface area contributed by atoms with Crippen LogP contribution in [-0.2, 0) is 29.3 Å². The Balaban J connectivity index is 1.38. The molecule has 8 nitrogen and oxygen atoms in total. The molecule has 0 spiro atoms. The third-order valence-electron chi connectivity index (χ3n) is 5.89. The number of carbonyl (C=O) groups is 2. The Labute approximate surface area is 202 Å². The van der Waals surface area contributed by atoms with Crippen LogP contribution in [-0.4, -0.2) is 38.9 Å². The van der Waals surface area contributed by atoms with E-state index < -0.39 is 11.8 Å². The molecule has 3 aromatic rings. The van der Waals surface area contributed by atoms with Gasteiger partial charge in [-0.15, -0.1) is 0 Å². The molecule has 1 aliphatic carbocycles. The maximum atomic E-state index is 13.4. The second-order valence-electron chi connectivity index (χ2n) is 8.54. The smallest absolute Gasteiger partial charge is 0.356 e. The lowest BCUT2D eigenvalue weighted by Gasteiger charge is -2.32. The second-order valence-corrected chi connectivity index (χ2v) is 8.54. The van der Waals surface area contributed by atoms with Gasteiger partial charge in [-0.3, -0.25) is 4.79 Å². The number of amides is 1. The number of halogens is 1. The van der Waals surface area contributed by atoms with Crippen molar-refractivity contribution < 1.29 is 28.6 Å². The summed E-state index contributed by atoms with van der Waals surface area (Å²) < 4.78 is 26.4. The molecule has 2 atom stereocenters. The van der Waals surface area contributed by atoms with Gasteiger partial charge in [0.25, 0.3) is 0 Å². The number of rotatable bonds is 10. The van der Waals surface area contributed by atoms with Crippen molar-refractivity contribution in [3.63, 3.8) is 0 Å². The standard InChI is InChI=1S/C26H28FN3O5/c27-20-10-6-9-19(13-20)17-35-25-14-22(26(32)33)29-30(25)15-24(31)28-21-11-4-5-12-23(21)34-16-18-7-2-1-3-8-18/h1-3,6-10,13-14,21,23H,4-5,11-12,15-17H2,(H,28,31)(H,32,33). The van der Waals surface area contributed by atoms with E-state index in [1.807, 2.05) is 30.3 Å². The summed E-state index contributed by atoms with van der Waals surface area (Å²) in [5.41, 5.74) is 1.40. The number of aromatic nitrogens is 2. The van der Waals surface area contributed by atoms with Crippen LogP contribution in [0.2, 0.25) is 0 Å².